The predicted octanol–water partition coefficient (Wildman–Crippen LogP) is 2.51. The van der Waals surface area contributed by atoms with Gasteiger partial charge in [0.05, 0.1) is 22.3 Å². The molecule has 0 amide bonds. The van der Waals surface area contributed by atoms with E-state index in [2.05, 4.69) is 35.8 Å². The summed E-state index contributed by atoms with van der Waals surface area (Å²) >= 11 is 0. The molecule has 0 fully saturated rings. The van der Waals surface area contributed by atoms with Crippen molar-refractivity contribution in [2.24, 2.45) is 0 Å². The van der Waals surface area contributed by atoms with Crippen LogP contribution in [0.2, 0.25) is 0 Å². The highest BCUT2D eigenvalue weighted by Gasteiger charge is 2.21. The first-order chi connectivity index (χ1) is 7.30. The fraction of sp³-hybridized carbons (Fsp3) is 0.583. The average Bonchev–Trinajstić information content (AvgIpc) is 2.41. The first-order valence-corrected chi connectivity index (χ1v) is 5.52. The SMILES string of the molecule is Cc1nc(C)c2c(C)nn(C(C)(C)C)c2n1. The molecule has 4 nitrogen and oxygen atoms in total. The molecule has 0 unspecified atom stereocenters. The van der Waals surface area contributed by atoms with Gasteiger partial charge in [0.2, 0.25) is 0 Å². The summed E-state index contributed by atoms with van der Waals surface area (Å²) in [5.41, 5.74) is 2.90. The Labute approximate surface area is 95.7 Å². The van der Waals surface area contributed by atoms with Gasteiger partial charge in [0.25, 0.3) is 0 Å². The van der Waals surface area contributed by atoms with Crippen LogP contribution in [0.25, 0.3) is 11.0 Å². The topological polar surface area (TPSA) is 43.6 Å². The minimum absolute atomic E-state index is 0.0558. The third kappa shape index (κ3) is 1.58. The Morgan fingerprint density at radius 1 is 0.938 bits per heavy atom. The summed E-state index contributed by atoms with van der Waals surface area (Å²) in [5.74, 6) is 0.801. The second-order valence-electron chi connectivity index (χ2n) is 5.22. The van der Waals surface area contributed by atoms with Gasteiger partial charge < -0.3 is 0 Å². The van der Waals surface area contributed by atoms with Crippen molar-refractivity contribution >= 4 is 11.0 Å². The molecule has 2 heterocycles. The molecule has 0 aliphatic carbocycles. The summed E-state index contributed by atoms with van der Waals surface area (Å²) in [7, 11) is 0. The Bertz CT molecular complexity index is 546. The van der Waals surface area contributed by atoms with Gasteiger partial charge in [0, 0.05) is 0 Å². The van der Waals surface area contributed by atoms with E-state index in [0.29, 0.717) is 0 Å². The highest BCUT2D eigenvalue weighted by molar-refractivity contribution is 5.80. The molecule has 16 heavy (non-hydrogen) atoms. The maximum absolute atomic E-state index is 4.58. The zero-order chi connectivity index (χ0) is 12.1. The van der Waals surface area contributed by atoms with Gasteiger partial charge >= 0.3 is 0 Å². The number of aryl methyl sites for hydroxylation is 3. The third-order valence-corrected chi connectivity index (χ3v) is 2.63. The standard InChI is InChI=1S/C12H18N4/c1-7-10-8(2)15-16(12(4,5)6)11(10)14-9(3)13-7/h1-6H3. The van der Waals surface area contributed by atoms with E-state index in [1.165, 1.54) is 0 Å². The van der Waals surface area contributed by atoms with Crippen LogP contribution >= 0.6 is 0 Å². The van der Waals surface area contributed by atoms with Crippen LogP contribution in [-0.4, -0.2) is 19.7 Å². The van der Waals surface area contributed by atoms with Crippen molar-refractivity contribution in [2.75, 3.05) is 0 Å². The Balaban J connectivity index is 2.89. The molecule has 2 aromatic heterocycles. The maximum atomic E-state index is 4.58. The minimum Gasteiger partial charge on any atom is -0.242 e. The number of fused-ring (bicyclic) bond motifs is 1. The first-order valence-electron chi connectivity index (χ1n) is 5.52. The molecule has 0 N–H and O–H groups in total. The zero-order valence-electron chi connectivity index (χ0n) is 10.8. The van der Waals surface area contributed by atoms with Crippen LogP contribution in [0.3, 0.4) is 0 Å². The van der Waals surface area contributed by atoms with Crippen molar-refractivity contribution in [3.05, 3.63) is 17.2 Å². The number of nitrogens with zero attached hydrogens (tertiary/aromatic N) is 4. The van der Waals surface area contributed by atoms with E-state index in [0.717, 1.165) is 28.2 Å². The molecule has 0 radical (unpaired) electrons. The van der Waals surface area contributed by atoms with Gasteiger partial charge in [-0.3, -0.25) is 0 Å². The molecule has 0 aliphatic heterocycles. The lowest BCUT2D eigenvalue weighted by Crippen LogP contribution is -2.23. The second kappa shape index (κ2) is 3.27. The second-order valence-corrected chi connectivity index (χ2v) is 5.22. The van der Waals surface area contributed by atoms with Gasteiger partial charge in [-0.05, 0) is 41.5 Å². The van der Waals surface area contributed by atoms with Crippen molar-refractivity contribution in [3.63, 3.8) is 0 Å². The Morgan fingerprint density at radius 3 is 2.12 bits per heavy atom. The average molecular weight is 218 g/mol. The van der Waals surface area contributed by atoms with E-state index in [-0.39, 0.29) is 5.54 Å². The summed E-state index contributed by atoms with van der Waals surface area (Å²) in [6.07, 6.45) is 0. The summed E-state index contributed by atoms with van der Waals surface area (Å²) in [6.45, 7) is 12.3. The van der Waals surface area contributed by atoms with E-state index in [4.69, 9.17) is 0 Å². The molecule has 2 aromatic rings. The molecular formula is C12H18N4. The van der Waals surface area contributed by atoms with Gasteiger partial charge in [-0.2, -0.15) is 5.10 Å². The third-order valence-electron chi connectivity index (χ3n) is 2.63. The van der Waals surface area contributed by atoms with Crippen LogP contribution in [0.5, 0.6) is 0 Å². The predicted molar refractivity (Wildman–Crippen MR) is 64.5 cm³/mol. The normalized spacial score (nSPS) is 12.4. The van der Waals surface area contributed by atoms with Crippen LogP contribution < -0.4 is 0 Å². The molecule has 4 heteroatoms. The van der Waals surface area contributed by atoms with Crippen molar-refractivity contribution < 1.29 is 0 Å². The molecule has 0 saturated heterocycles. The highest BCUT2D eigenvalue weighted by Crippen LogP contribution is 2.24. The molecule has 0 saturated carbocycles. The number of hydrogen-bond acceptors (Lipinski definition) is 3. The van der Waals surface area contributed by atoms with E-state index in [9.17, 15) is 0 Å². The summed E-state index contributed by atoms with van der Waals surface area (Å²) < 4.78 is 1.99. The number of rotatable bonds is 0. The Kier molecular flexibility index (Phi) is 2.26. The van der Waals surface area contributed by atoms with Gasteiger partial charge in [-0.25, -0.2) is 14.6 Å². The summed E-state index contributed by atoms with van der Waals surface area (Å²) in [4.78, 5) is 8.91. The fourth-order valence-electron chi connectivity index (χ4n) is 1.99. The van der Waals surface area contributed by atoms with Crippen LogP contribution in [0.4, 0.5) is 0 Å². The largest absolute Gasteiger partial charge is 0.242 e. The van der Waals surface area contributed by atoms with Gasteiger partial charge in [-0.15, -0.1) is 0 Å². The number of aromatic nitrogens is 4. The lowest BCUT2D eigenvalue weighted by Gasteiger charge is -2.19. The van der Waals surface area contributed by atoms with Crippen LogP contribution in [-0.2, 0) is 5.54 Å². The van der Waals surface area contributed by atoms with Gasteiger partial charge in [-0.1, -0.05) is 0 Å². The molecule has 0 bridgehead atoms. The smallest absolute Gasteiger partial charge is 0.162 e. The Hall–Kier alpha value is -1.45. The monoisotopic (exact) mass is 218 g/mol. The van der Waals surface area contributed by atoms with Crippen molar-refractivity contribution in [2.45, 2.75) is 47.1 Å². The molecule has 86 valence electrons. The van der Waals surface area contributed by atoms with E-state index >= 15 is 0 Å². The zero-order valence-corrected chi connectivity index (χ0v) is 10.8. The molecule has 0 aliphatic rings. The molecule has 0 spiro atoms. The number of hydrogen-bond donors (Lipinski definition) is 0. The highest BCUT2D eigenvalue weighted by atomic mass is 15.3. The molecular weight excluding hydrogens is 200 g/mol. The molecule has 0 aromatic carbocycles. The maximum Gasteiger partial charge on any atom is 0.162 e. The first kappa shape index (κ1) is 11.0. The summed E-state index contributed by atoms with van der Waals surface area (Å²) in [5, 5.41) is 5.66. The van der Waals surface area contributed by atoms with Crippen molar-refractivity contribution in [1.29, 1.82) is 0 Å². The molecule has 0 atom stereocenters. The van der Waals surface area contributed by atoms with Crippen LogP contribution in [0.15, 0.2) is 0 Å². The lowest BCUT2D eigenvalue weighted by atomic mass is 10.1. The van der Waals surface area contributed by atoms with E-state index < -0.39 is 0 Å². The minimum atomic E-state index is -0.0558. The van der Waals surface area contributed by atoms with E-state index in [1.54, 1.807) is 0 Å². The van der Waals surface area contributed by atoms with Gasteiger partial charge in [0.15, 0.2) is 5.65 Å². The molecule has 2 rings (SSSR count). The summed E-state index contributed by atoms with van der Waals surface area (Å²) in [6, 6.07) is 0. The quantitative estimate of drug-likeness (QED) is 0.682. The Morgan fingerprint density at radius 2 is 1.56 bits per heavy atom. The lowest BCUT2D eigenvalue weighted by molar-refractivity contribution is 0.364. The van der Waals surface area contributed by atoms with Crippen LogP contribution in [0, 0.1) is 20.8 Å². The van der Waals surface area contributed by atoms with E-state index in [1.807, 2.05) is 25.5 Å². The van der Waals surface area contributed by atoms with Gasteiger partial charge in [0.1, 0.15) is 5.82 Å². The van der Waals surface area contributed by atoms with Crippen molar-refractivity contribution in [3.8, 4) is 0 Å². The van der Waals surface area contributed by atoms with Crippen LogP contribution in [0.1, 0.15) is 38.0 Å². The van der Waals surface area contributed by atoms with Crippen molar-refractivity contribution in [1.82, 2.24) is 19.7 Å². The fourth-order valence-corrected chi connectivity index (χ4v) is 1.99.